The summed E-state index contributed by atoms with van der Waals surface area (Å²) < 4.78 is 0. The SMILES string of the molecule is C=C.CC.CC1=CNCN=C1. The Kier molecular flexibility index (Phi) is 13.4. The lowest BCUT2D eigenvalue weighted by atomic mass is 10.3. The van der Waals surface area contributed by atoms with Crippen molar-refractivity contribution in [3.8, 4) is 0 Å². The van der Waals surface area contributed by atoms with Crippen LogP contribution in [-0.4, -0.2) is 12.9 Å². The van der Waals surface area contributed by atoms with Gasteiger partial charge in [0, 0.05) is 12.4 Å². The average Bonchev–Trinajstić information content (AvgIpc) is 2.13. The van der Waals surface area contributed by atoms with Gasteiger partial charge in [-0.25, -0.2) is 0 Å². The van der Waals surface area contributed by atoms with Crippen LogP contribution in [-0.2, 0) is 0 Å². The van der Waals surface area contributed by atoms with Gasteiger partial charge in [-0.2, -0.15) is 0 Å². The van der Waals surface area contributed by atoms with Gasteiger partial charge >= 0.3 is 0 Å². The van der Waals surface area contributed by atoms with E-state index in [1.807, 2.05) is 33.2 Å². The van der Waals surface area contributed by atoms with E-state index in [4.69, 9.17) is 0 Å². The van der Waals surface area contributed by atoms with E-state index in [0.717, 1.165) is 6.67 Å². The smallest absolute Gasteiger partial charge is 0.107 e. The van der Waals surface area contributed by atoms with E-state index in [2.05, 4.69) is 23.5 Å². The molecule has 1 N–H and O–H groups in total. The molecule has 0 aromatic heterocycles. The average molecular weight is 154 g/mol. The molecule has 0 radical (unpaired) electrons. The van der Waals surface area contributed by atoms with Crippen LogP contribution in [0.3, 0.4) is 0 Å². The molecule has 0 saturated heterocycles. The van der Waals surface area contributed by atoms with Crippen molar-refractivity contribution in [3.63, 3.8) is 0 Å². The lowest BCUT2D eigenvalue weighted by Crippen LogP contribution is -2.09. The normalized spacial score (nSPS) is 12.5. The summed E-state index contributed by atoms with van der Waals surface area (Å²) in [6.07, 6.45) is 3.81. The molecule has 64 valence electrons. The van der Waals surface area contributed by atoms with Crippen LogP contribution in [0.25, 0.3) is 0 Å². The van der Waals surface area contributed by atoms with E-state index in [-0.39, 0.29) is 0 Å². The maximum Gasteiger partial charge on any atom is 0.107 e. The monoisotopic (exact) mass is 154 g/mol. The Morgan fingerprint density at radius 2 is 2.00 bits per heavy atom. The lowest BCUT2D eigenvalue weighted by molar-refractivity contribution is 0.869. The molecule has 0 aromatic rings. The zero-order chi connectivity index (χ0) is 9.11. The summed E-state index contributed by atoms with van der Waals surface area (Å²) in [5.74, 6) is 0. The Morgan fingerprint density at radius 3 is 2.18 bits per heavy atom. The molecular formula is C9H18N2. The van der Waals surface area contributed by atoms with Crippen LogP contribution in [0.1, 0.15) is 20.8 Å². The van der Waals surface area contributed by atoms with E-state index in [0.29, 0.717) is 0 Å². The highest BCUT2D eigenvalue weighted by molar-refractivity contribution is 5.78. The van der Waals surface area contributed by atoms with Gasteiger partial charge in [-0.3, -0.25) is 4.99 Å². The molecule has 1 aliphatic rings. The molecule has 0 aromatic carbocycles. The summed E-state index contributed by atoms with van der Waals surface area (Å²) >= 11 is 0. The van der Waals surface area contributed by atoms with Crippen LogP contribution in [0.2, 0.25) is 0 Å². The third kappa shape index (κ3) is 8.95. The number of rotatable bonds is 0. The van der Waals surface area contributed by atoms with Gasteiger partial charge in [-0.05, 0) is 12.5 Å². The fourth-order valence-corrected chi connectivity index (χ4v) is 0.486. The Labute approximate surface area is 69.7 Å². The molecule has 1 rings (SSSR count). The lowest BCUT2D eigenvalue weighted by Gasteiger charge is -2.00. The maximum absolute atomic E-state index is 3.95. The second kappa shape index (κ2) is 11.7. The second-order valence-electron chi connectivity index (χ2n) is 1.56. The highest BCUT2D eigenvalue weighted by atomic mass is 15.0. The van der Waals surface area contributed by atoms with Crippen LogP contribution in [0.4, 0.5) is 0 Å². The minimum absolute atomic E-state index is 0.733. The molecule has 1 aliphatic heterocycles. The van der Waals surface area contributed by atoms with E-state index >= 15 is 0 Å². The maximum atomic E-state index is 3.95. The fourth-order valence-electron chi connectivity index (χ4n) is 0.486. The van der Waals surface area contributed by atoms with E-state index in [1.165, 1.54) is 5.57 Å². The molecule has 2 heteroatoms. The van der Waals surface area contributed by atoms with Gasteiger partial charge in [0.15, 0.2) is 0 Å². The number of aliphatic imine (C=N–C) groups is 1. The van der Waals surface area contributed by atoms with Gasteiger partial charge < -0.3 is 5.32 Å². The second-order valence-corrected chi connectivity index (χ2v) is 1.56. The number of allylic oxidation sites excluding steroid dienone is 1. The van der Waals surface area contributed by atoms with Crippen molar-refractivity contribution in [2.24, 2.45) is 4.99 Å². The van der Waals surface area contributed by atoms with E-state index in [9.17, 15) is 0 Å². The molecule has 2 nitrogen and oxygen atoms in total. The van der Waals surface area contributed by atoms with Gasteiger partial charge in [-0.15, -0.1) is 13.2 Å². The molecule has 0 fully saturated rings. The molecule has 0 unspecified atom stereocenters. The minimum Gasteiger partial charge on any atom is -0.372 e. The first-order valence-electron chi connectivity index (χ1n) is 3.79. The van der Waals surface area contributed by atoms with Crippen molar-refractivity contribution in [2.45, 2.75) is 20.8 Å². The van der Waals surface area contributed by atoms with Crippen LogP contribution in [0.5, 0.6) is 0 Å². The molecule has 0 aliphatic carbocycles. The van der Waals surface area contributed by atoms with E-state index < -0.39 is 0 Å². The minimum atomic E-state index is 0.733. The van der Waals surface area contributed by atoms with Crippen LogP contribution in [0.15, 0.2) is 29.9 Å². The van der Waals surface area contributed by atoms with Crippen molar-refractivity contribution < 1.29 is 0 Å². The van der Waals surface area contributed by atoms with Gasteiger partial charge in [-0.1, -0.05) is 13.8 Å². The first-order chi connectivity index (χ1) is 5.39. The van der Waals surface area contributed by atoms with Crippen molar-refractivity contribution >= 4 is 6.21 Å². The molecule has 0 atom stereocenters. The summed E-state index contributed by atoms with van der Waals surface area (Å²) in [4.78, 5) is 3.95. The molecule has 0 saturated carbocycles. The zero-order valence-corrected chi connectivity index (χ0v) is 7.72. The summed E-state index contributed by atoms with van der Waals surface area (Å²) in [5, 5.41) is 2.97. The summed E-state index contributed by atoms with van der Waals surface area (Å²) in [6, 6.07) is 0. The Hall–Kier alpha value is -1.05. The van der Waals surface area contributed by atoms with Gasteiger partial charge in [0.1, 0.15) is 6.67 Å². The third-order valence-corrected chi connectivity index (χ3v) is 0.807. The first kappa shape index (κ1) is 12.6. The fraction of sp³-hybridized carbons (Fsp3) is 0.444. The summed E-state index contributed by atoms with van der Waals surface area (Å²) in [7, 11) is 0. The molecule has 0 spiro atoms. The number of hydrogen-bond donors (Lipinski definition) is 1. The standard InChI is InChI=1S/C5H8N2.C2H6.C2H4/c1-5-2-6-4-7-3-5;2*1-2/h2-3,6H,4H2,1H3;1-2H3;1-2H2. The largest absolute Gasteiger partial charge is 0.372 e. The van der Waals surface area contributed by atoms with Crippen molar-refractivity contribution in [1.29, 1.82) is 0 Å². The quantitative estimate of drug-likeness (QED) is 0.532. The topological polar surface area (TPSA) is 24.4 Å². The Morgan fingerprint density at radius 1 is 1.45 bits per heavy atom. The zero-order valence-electron chi connectivity index (χ0n) is 7.72. The first-order valence-corrected chi connectivity index (χ1v) is 3.79. The predicted molar refractivity (Wildman–Crippen MR) is 52.9 cm³/mol. The molecule has 1 heterocycles. The summed E-state index contributed by atoms with van der Waals surface area (Å²) in [5.41, 5.74) is 1.19. The van der Waals surface area contributed by atoms with Crippen molar-refractivity contribution in [3.05, 3.63) is 24.9 Å². The van der Waals surface area contributed by atoms with E-state index in [1.54, 1.807) is 0 Å². The van der Waals surface area contributed by atoms with Gasteiger partial charge in [0.2, 0.25) is 0 Å². The number of nitrogens with one attached hydrogen (secondary N) is 1. The number of hydrogen-bond acceptors (Lipinski definition) is 2. The van der Waals surface area contributed by atoms with Crippen molar-refractivity contribution in [1.82, 2.24) is 5.32 Å². The predicted octanol–water partition coefficient (Wildman–Crippen LogP) is 2.35. The molecule has 0 amide bonds. The third-order valence-electron chi connectivity index (χ3n) is 0.807. The van der Waals surface area contributed by atoms with Crippen molar-refractivity contribution in [2.75, 3.05) is 6.67 Å². The van der Waals surface area contributed by atoms with Crippen LogP contribution < -0.4 is 5.32 Å². The molecular weight excluding hydrogens is 136 g/mol. The highest BCUT2D eigenvalue weighted by Crippen LogP contribution is 1.87. The summed E-state index contributed by atoms with van der Waals surface area (Å²) in [6.45, 7) is 12.7. The van der Waals surface area contributed by atoms with Crippen LogP contribution in [0, 0.1) is 0 Å². The Balaban J connectivity index is 0. The van der Waals surface area contributed by atoms with Gasteiger partial charge in [0.05, 0.1) is 0 Å². The highest BCUT2D eigenvalue weighted by Gasteiger charge is 1.84. The molecule has 11 heavy (non-hydrogen) atoms. The number of nitrogens with zero attached hydrogens (tertiary/aromatic N) is 1. The van der Waals surface area contributed by atoms with Gasteiger partial charge in [0.25, 0.3) is 0 Å². The molecule has 0 bridgehead atoms. The van der Waals surface area contributed by atoms with Crippen LogP contribution >= 0.6 is 0 Å². The Bertz CT molecular complexity index is 126.